The third-order valence-corrected chi connectivity index (χ3v) is 4.62. The van der Waals surface area contributed by atoms with Crippen LogP contribution in [0.3, 0.4) is 0 Å². The van der Waals surface area contributed by atoms with Crippen molar-refractivity contribution in [3.05, 3.63) is 29.3 Å². The van der Waals surface area contributed by atoms with Gasteiger partial charge in [-0.1, -0.05) is 19.1 Å². The van der Waals surface area contributed by atoms with Crippen molar-refractivity contribution in [3.63, 3.8) is 0 Å². The molecule has 3 heteroatoms. The van der Waals surface area contributed by atoms with E-state index in [1.165, 1.54) is 24.0 Å². The second kappa shape index (κ2) is 6.59. The second-order valence-corrected chi connectivity index (χ2v) is 6.20. The molecule has 112 valence electrons. The summed E-state index contributed by atoms with van der Waals surface area (Å²) >= 11 is 0. The highest BCUT2D eigenvalue weighted by molar-refractivity contribution is 5.37. The Morgan fingerprint density at radius 1 is 1.40 bits per heavy atom. The van der Waals surface area contributed by atoms with E-state index in [1.54, 1.807) is 7.11 Å². The van der Waals surface area contributed by atoms with Gasteiger partial charge in [0.1, 0.15) is 5.75 Å². The number of ether oxygens (including phenoxy) is 1. The number of piperidine rings is 1. The van der Waals surface area contributed by atoms with Gasteiger partial charge in [0.05, 0.1) is 7.11 Å². The minimum absolute atomic E-state index is 0.321. The van der Waals surface area contributed by atoms with Gasteiger partial charge in [0, 0.05) is 18.6 Å². The summed E-state index contributed by atoms with van der Waals surface area (Å²) in [5, 5.41) is 0. The molecule has 1 aromatic rings. The summed E-state index contributed by atoms with van der Waals surface area (Å²) in [6.07, 6.45) is 2.54. The molecule has 0 radical (unpaired) electrons. The van der Waals surface area contributed by atoms with Crippen LogP contribution in [0.5, 0.6) is 5.75 Å². The van der Waals surface area contributed by atoms with E-state index >= 15 is 0 Å². The first kappa shape index (κ1) is 15.3. The van der Waals surface area contributed by atoms with E-state index in [-0.39, 0.29) is 0 Å². The number of rotatable bonds is 4. The first-order valence-electron chi connectivity index (χ1n) is 7.67. The fourth-order valence-electron chi connectivity index (χ4n) is 3.46. The topological polar surface area (TPSA) is 38.5 Å². The van der Waals surface area contributed by atoms with E-state index in [0.717, 1.165) is 18.2 Å². The number of nitrogens with two attached hydrogens (primary N) is 1. The molecular formula is C17H28N2O. The van der Waals surface area contributed by atoms with Crippen molar-refractivity contribution in [2.75, 3.05) is 20.2 Å². The van der Waals surface area contributed by atoms with Crippen molar-refractivity contribution < 1.29 is 4.74 Å². The zero-order valence-electron chi connectivity index (χ0n) is 13.2. The molecule has 1 heterocycles. The molecule has 0 bridgehead atoms. The number of nitrogens with zero attached hydrogens (tertiary/aromatic N) is 1. The van der Waals surface area contributed by atoms with Crippen LogP contribution in [0.1, 0.15) is 43.9 Å². The maximum absolute atomic E-state index is 6.08. The maximum atomic E-state index is 6.08. The van der Waals surface area contributed by atoms with Crippen molar-refractivity contribution in [1.82, 2.24) is 4.90 Å². The lowest BCUT2D eigenvalue weighted by Crippen LogP contribution is -2.44. The molecule has 1 aromatic carbocycles. The maximum Gasteiger partial charge on any atom is 0.121 e. The summed E-state index contributed by atoms with van der Waals surface area (Å²) in [6.45, 7) is 8.59. The quantitative estimate of drug-likeness (QED) is 0.918. The van der Waals surface area contributed by atoms with E-state index in [2.05, 4.69) is 43.9 Å². The van der Waals surface area contributed by atoms with Crippen LogP contribution in [0.15, 0.2) is 18.2 Å². The summed E-state index contributed by atoms with van der Waals surface area (Å²) in [6, 6.07) is 7.37. The van der Waals surface area contributed by atoms with Gasteiger partial charge >= 0.3 is 0 Å². The normalized spacial score (nSPS) is 25.4. The van der Waals surface area contributed by atoms with Gasteiger partial charge in [-0.2, -0.15) is 0 Å². The third-order valence-electron chi connectivity index (χ3n) is 4.62. The molecule has 2 rings (SSSR count). The molecule has 1 fully saturated rings. The highest BCUT2D eigenvalue weighted by Crippen LogP contribution is 2.32. The number of hydrogen-bond acceptors (Lipinski definition) is 3. The Morgan fingerprint density at radius 2 is 2.15 bits per heavy atom. The standard InChI is InChI=1S/C17H28N2O/c1-12-7-8-19(14(3)9-12)16(11-18)15-5-6-17(20-4)13(2)10-15/h5-6,10,12,14,16H,7-9,11,18H2,1-4H3. The van der Waals surface area contributed by atoms with E-state index in [9.17, 15) is 0 Å². The average Bonchev–Trinajstić information content (AvgIpc) is 2.42. The fraction of sp³-hybridized carbons (Fsp3) is 0.647. The average molecular weight is 276 g/mol. The van der Waals surface area contributed by atoms with Crippen molar-refractivity contribution in [2.24, 2.45) is 11.7 Å². The lowest BCUT2D eigenvalue weighted by molar-refractivity contribution is 0.0847. The monoisotopic (exact) mass is 276 g/mol. The predicted molar refractivity (Wildman–Crippen MR) is 84.1 cm³/mol. The Kier molecular flexibility index (Phi) is 5.06. The molecule has 1 saturated heterocycles. The molecule has 0 aromatic heterocycles. The van der Waals surface area contributed by atoms with Crippen molar-refractivity contribution in [2.45, 2.75) is 45.7 Å². The zero-order chi connectivity index (χ0) is 14.7. The van der Waals surface area contributed by atoms with Crippen LogP contribution >= 0.6 is 0 Å². The van der Waals surface area contributed by atoms with Gasteiger partial charge < -0.3 is 10.5 Å². The van der Waals surface area contributed by atoms with Gasteiger partial charge in [0.25, 0.3) is 0 Å². The number of methoxy groups -OCH3 is 1. The summed E-state index contributed by atoms with van der Waals surface area (Å²) < 4.78 is 5.35. The molecule has 3 nitrogen and oxygen atoms in total. The highest BCUT2D eigenvalue weighted by Gasteiger charge is 2.29. The SMILES string of the molecule is COc1ccc(C(CN)N2CCC(C)CC2C)cc1C. The molecule has 1 aliphatic rings. The van der Waals surface area contributed by atoms with Crippen LogP contribution in [0.2, 0.25) is 0 Å². The van der Waals surface area contributed by atoms with Gasteiger partial charge in [-0.15, -0.1) is 0 Å². The van der Waals surface area contributed by atoms with E-state index in [1.807, 2.05) is 0 Å². The van der Waals surface area contributed by atoms with Crippen molar-refractivity contribution >= 4 is 0 Å². The minimum Gasteiger partial charge on any atom is -0.496 e. The zero-order valence-corrected chi connectivity index (χ0v) is 13.2. The van der Waals surface area contributed by atoms with E-state index in [0.29, 0.717) is 18.6 Å². The summed E-state index contributed by atoms with van der Waals surface area (Å²) in [4.78, 5) is 2.57. The molecule has 3 unspecified atom stereocenters. The molecule has 0 amide bonds. The van der Waals surface area contributed by atoms with Crippen molar-refractivity contribution in [3.8, 4) is 5.75 Å². The molecule has 1 aliphatic heterocycles. The number of likely N-dealkylation sites (tertiary alicyclic amines) is 1. The molecular weight excluding hydrogens is 248 g/mol. The number of hydrogen-bond donors (Lipinski definition) is 1. The Morgan fingerprint density at radius 3 is 2.70 bits per heavy atom. The summed E-state index contributed by atoms with van der Waals surface area (Å²) in [5.41, 5.74) is 8.57. The van der Waals surface area contributed by atoms with Gasteiger partial charge in [0.15, 0.2) is 0 Å². The third kappa shape index (κ3) is 3.15. The van der Waals surface area contributed by atoms with Crippen LogP contribution < -0.4 is 10.5 Å². The predicted octanol–water partition coefficient (Wildman–Crippen LogP) is 3.12. The Hall–Kier alpha value is -1.06. The summed E-state index contributed by atoms with van der Waals surface area (Å²) in [5.74, 6) is 1.78. The lowest BCUT2D eigenvalue weighted by Gasteiger charge is -2.41. The van der Waals surface area contributed by atoms with E-state index in [4.69, 9.17) is 10.5 Å². The van der Waals surface area contributed by atoms with Gasteiger partial charge in [0.2, 0.25) is 0 Å². The number of aryl methyl sites for hydroxylation is 1. The van der Waals surface area contributed by atoms with Crippen molar-refractivity contribution in [1.29, 1.82) is 0 Å². The van der Waals surface area contributed by atoms with Crippen LogP contribution in [0, 0.1) is 12.8 Å². The lowest BCUT2D eigenvalue weighted by atomic mass is 9.90. The largest absolute Gasteiger partial charge is 0.496 e. The first-order valence-corrected chi connectivity index (χ1v) is 7.67. The second-order valence-electron chi connectivity index (χ2n) is 6.20. The molecule has 3 atom stereocenters. The smallest absolute Gasteiger partial charge is 0.121 e. The molecule has 0 saturated carbocycles. The minimum atomic E-state index is 0.321. The number of benzene rings is 1. The van der Waals surface area contributed by atoms with Gasteiger partial charge in [-0.3, -0.25) is 4.90 Å². The molecule has 20 heavy (non-hydrogen) atoms. The van der Waals surface area contributed by atoms with Crippen LogP contribution in [-0.4, -0.2) is 31.1 Å². The highest BCUT2D eigenvalue weighted by atomic mass is 16.5. The van der Waals surface area contributed by atoms with Crippen LogP contribution in [-0.2, 0) is 0 Å². The van der Waals surface area contributed by atoms with Gasteiger partial charge in [-0.05, 0) is 56.3 Å². The molecule has 2 N–H and O–H groups in total. The molecule has 0 aliphatic carbocycles. The van der Waals surface area contributed by atoms with Gasteiger partial charge in [-0.25, -0.2) is 0 Å². The fourth-order valence-corrected chi connectivity index (χ4v) is 3.46. The van der Waals surface area contributed by atoms with Crippen LogP contribution in [0.4, 0.5) is 0 Å². The first-order chi connectivity index (χ1) is 9.56. The Labute approximate surface area is 123 Å². The van der Waals surface area contributed by atoms with Crippen LogP contribution in [0.25, 0.3) is 0 Å². The van der Waals surface area contributed by atoms with E-state index < -0.39 is 0 Å². The Balaban J connectivity index is 2.21. The summed E-state index contributed by atoms with van der Waals surface area (Å²) in [7, 11) is 1.72. The molecule has 0 spiro atoms. The Bertz CT molecular complexity index is 447.